The minimum absolute atomic E-state index is 0.330. The van der Waals surface area contributed by atoms with Gasteiger partial charge >= 0.3 is 17.9 Å². The normalized spacial score (nSPS) is 9.37. The van der Waals surface area contributed by atoms with E-state index in [2.05, 4.69) is 89.2 Å². The molecule has 0 aliphatic carbocycles. The Balaban J connectivity index is 0.000000306. The number of hydrogen-bond acceptors (Lipinski definition) is 6. The number of esters is 3. The van der Waals surface area contributed by atoms with Crippen LogP contribution in [0.2, 0.25) is 0 Å². The highest BCUT2D eigenvalue weighted by molar-refractivity contribution is 9.11. The smallest absolute Gasteiger partial charge is 0.308 e. The van der Waals surface area contributed by atoms with Crippen LogP contribution >= 0.6 is 47.8 Å². The van der Waals surface area contributed by atoms with Crippen LogP contribution in [0.5, 0.6) is 17.2 Å². The first-order chi connectivity index (χ1) is 28.7. The zero-order chi connectivity index (χ0) is 43.4. The standard InChI is InChI=1S/C35H24O4.C10H8O2.C6H3Br3/c1-25-4-6-28(7-5-25)8-11-31-22-32(12-9-29-14-18-34(19-15-29)38-26(2)36)24-33(23-31)13-10-30-16-20-35(21-17-30)39-27(3)37;1-3-9-4-6-10(7-5-9)12-8(2)11;7-4-1-5(8)3-6(9)2-4/h4-7,14-24H,1-3H3;1,4-7H,2H3;1-3H. The summed E-state index contributed by atoms with van der Waals surface area (Å²) in [6.45, 7) is 6.12. The molecule has 0 aromatic heterocycles. The summed E-state index contributed by atoms with van der Waals surface area (Å²) in [6.07, 6.45) is 5.14. The number of carbonyl (C=O) groups excluding carboxylic acids is 3. The molecule has 0 saturated carbocycles. The molecule has 0 radical (unpaired) electrons. The third kappa shape index (κ3) is 17.5. The van der Waals surface area contributed by atoms with Crippen molar-refractivity contribution in [1.82, 2.24) is 0 Å². The molecule has 0 saturated heterocycles. The van der Waals surface area contributed by atoms with Gasteiger partial charge in [-0.2, -0.15) is 0 Å². The zero-order valence-corrected chi connectivity index (χ0v) is 37.6. The second kappa shape index (κ2) is 23.7. The predicted octanol–water partition coefficient (Wildman–Crippen LogP) is 11.6. The van der Waals surface area contributed by atoms with Gasteiger partial charge in [-0.15, -0.1) is 6.42 Å². The van der Waals surface area contributed by atoms with Gasteiger partial charge in [-0.1, -0.05) is 107 Å². The Bertz CT molecular complexity index is 2550. The number of aryl methyl sites for hydroxylation is 1. The number of ether oxygens (including phenoxy) is 3. The molecule has 60 heavy (non-hydrogen) atoms. The van der Waals surface area contributed by atoms with Gasteiger partial charge in [0.15, 0.2) is 0 Å². The van der Waals surface area contributed by atoms with Crippen LogP contribution in [0.25, 0.3) is 0 Å². The Hall–Kier alpha value is -6.59. The topological polar surface area (TPSA) is 78.9 Å². The fourth-order valence-corrected chi connectivity index (χ4v) is 7.17. The van der Waals surface area contributed by atoms with Crippen molar-refractivity contribution in [3.63, 3.8) is 0 Å². The number of hydrogen-bond donors (Lipinski definition) is 0. The molecule has 296 valence electrons. The van der Waals surface area contributed by atoms with Gasteiger partial charge in [-0.25, -0.2) is 0 Å². The minimum atomic E-state index is -0.369. The molecule has 6 rings (SSSR count). The SMILES string of the molecule is Brc1cc(Br)cc(Br)c1.C#Cc1ccc(OC(C)=O)cc1.CC(=O)Oc1ccc(C#Cc2cc(C#Cc3ccc(C)cc3)cc(C#Cc3ccc(OC(C)=O)cc3)c2)cc1. The van der Waals surface area contributed by atoms with Gasteiger partial charge in [0.05, 0.1) is 0 Å². The summed E-state index contributed by atoms with van der Waals surface area (Å²) in [5, 5.41) is 0. The molecule has 0 spiro atoms. The van der Waals surface area contributed by atoms with Gasteiger partial charge in [-0.3, -0.25) is 14.4 Å². The Kier molecular flexibility index (Phi) is 18.2. The lowest BCUT2D eigenvalue weighted by atomic mass is 10.0. The van der Waals surface area contributed by atoms with Crippen molar-refractivity contribution in [2.75, 3.05) is 0 Å². The molecule has 6 aromatic carbocycles. The van der Waals surface area contributed by atoms with E-state index in [1.807, 2.05) is 67.6 Å². The first-order valence-electron chi connectivity index (χ1n) is 17.9. The lowest BCUT2D eigenvalue weighted by Crippen LogP contribution is -2.00. The second-order valence-corrected chi connectivity index (χ2v) is 15.2. The Morgan fingerprint density at radius 2 is 0.650 bits per heavy atom. The third-order valence-corrected chi connectivity index (χ3v) is 8.75. The van der Waals surface area contributed by atoms with Gasteiger partial charge in [0.1, 0.15) is 17.2 Å². The van der Waals surface area contributed by atoms with Crippen molar-refractivity contribution < 1.29 is 28.6 Å². The van der Waals surface area contributed by atoms with Crippen molar-refractivity contribution in [1.29, 1.82) is 0 Å². The summed E-state index contributed by atoms with van der Waals surface area (Å²) < 4.78 is 18.2. The second-order valence-electron chi connectivity index (χ2n) is 12.5. The van der Waals surface area contributed by atoms with Gasteiger partial charge < -0.3 is 14.2 Å². The zero-order valence-electron chi connectivity index (χ0n) is 32.9. The van der Waals surface area contributed by atoms with Crippen molar-refractivity contribution in [3.8, 4) is 65.1 Å². The molecule has 0 amide bonds. The van der Waals surface area contributed by atoms with Crippen LogP contribution in [0.1, 0.15) is 65.3 Å². The fraction of sp³-hybridized carbons (Fsp3) is 0.0784. The van der Waals surface area contributed by atoms with Crippen LogP contribution in [0.3, 0.4) is 0 Å². The maximum absolute atomic E-state index is 11.1. The largest absolute Gasteiger partial charge is 0.427 e. The molecule has 0 bridgehead atoms. The summed E-state index contributed by atoms with van der Waals surface area (Å²) in [4.78, 5) is 32.8. The minimum Gasteiger partial charge on any atom is -0.427 e. The van der Waals surface area contributed by atoms with Gasteiger partial charge in [0.25, 0.3) is 0 Å². The van der Waals surface area contributed by atoms with E-state index in [1.54, 1.807) is 72.8 Å². The Morgan fingerprint density at radius 1 is 0.400 bits per heavy atom. The van der Waals surface area contributed by atoms with E-state index in [-0.39, 0.29) is 17.9 Å². The van der Waals surface area contributed by atoms with E-state index in [4.69, 9.17) is 20.6 Å². The lowest BCUT2D eigenvalue weighted by molar-refractivity contribution is -0.132. The first kappa shape index (κ1) is 46.1. The number of halogens is 3. The molecule has 9 heteroatoms. The maximum Gasteiger partial charge on any atom is 0.308 e. The highest BCUT2D eigenvalue weighted by Crippen LogP contribution is 2.23. The molecule has 0 aliphatic rings. The summed E-state index contributed by atoms with van der Waals surface area (Å²) in [5.41, 5.74) is 6.76. The average Bonchev–Trinajstić information content (AvgIpc) is 3.20. The molecule has 0 aliphatic heterocycles. The van der Waals surface area contributed by atoms with Gasteiger partial charge in [-0.05, 0) is 128 Å². The van der Waals surface area contributed by atoms with E-state index < -0.39 is 0 Å². The number of carbonyl (C=O) groups is 3. The van der Waals surface area contributed by atoms with Crippen molar-refractivity contribution in [3.05, 3.63) is 191 Å². The van der Waals surface area contributed by atoms with Crippen LogP contribution in [0, 0.1) is 54.8 Å². The summed E-state index contributed by atoms with van der Waals surface area (Å²) in [5.74, 6) is 22.0. The summed E-state index contributed by atoms with van der Waals surface area (Å²) in [6, 6.07) is 40.6. The number of terminal acetylenes is 1. The van der Waals surface area contributed by atoms with Crippen LogP contribution in [0.15, 0.2) is 147 Å². The molecular weight excluding hydrogens is 948 g/mol. The molecular formula is C51H35Br3O6. The molecule has 0 N–H and O–H groups in total. The van der Waals surface area contributed by atoms with Crippen molar-refractivity contribution in [2.24, 2.45) is 0 Å². The molecule has 0 unspecified atom stereocenters. The van der Waals surface area contributed by atoms with Crippen molar-refractivity contribution in [2.45, 2.75) is 27.7 Å². The van der Waals surface area contributed by atoms with E-state index >= 15 is 0 Å². The quantitative estimate of drug-likeness (QED) is 0.0999. The summed E-state index contributed by atoms with van der Waals surface area (Å²) >= 11 is 10.1. The average molecular weight is 984 g/mol. The van der Waals surface area contributed by atoms with Gasteiger partial charge in [0, 0.05) is 73.1 Å². The van der Waals surface area contributed by atoms with E-state index in [0.717, 1.165) is 52.4 Å². The van der Waals surface area contributed by atoms with Crippen LogP contribution in [-0.2, 0) is 14.4 Å². The Labute approximate surface area is 376 Å². The highest BCUT2D eigenvalue weighted by Gasteiger charge is 2.01. The van der Waals surface area contributed by atoms with E-state index in [9.17, 15) is 14.4 Å². The molecule has 6 aromatic rings. The number of benzene rings is 6. The lowest BCUT2D eigenvalue weighted by Gasteiger charge is -2.00. The Morgan fingerprint density at radius 3 is 0.917 bits per heavy atom. The molecule has 0 fully saturated rings. The first-order valence-corrected chi connectivity index (χ1v) is 20.3. The molecule has 0 heterocycles. The predicted molar refractivity (Wildman–Crippen MR) is 246 cm³/mol. The highest BCUT2D eigenvalue weighted by atomic mass is 79.9. The van der Waals surface area contributed by atoms with Gasteiger partial charge in [0.2, 0.25) is 0 Å². The van der Waals surface area contributed by atoms with Crippen LogP contribution < -0.4 is 14.2 Å². The monoisotopic (exact) mass is 980 g/mol. The van der Waals surface area contributed by atoms with E-state index in [1.165, 1.54) is 26.3 Å². The molecule has 0 atom stereocenters. The third-order valence-electron chi connectivity index (χ3n) is 7.38. The van der Waals surface area contributed by atoms with E-state index in [0.29, 0.717) is 17.2 Å². The molecule has 6 nitrogen and oxygen atoms in total. The van der Waals surface area contributed by atoms with Crippen LogP contribution in [0.4, 0.5) is 0 Å². The van der Waals surface area contributed by atoms with Crippen molar-refractivity contribution >= 4 is 65.7 Å². The summed E-state index contributed by atoms with van der Waals surface area (Å²) in [7, 11) is 0. The fourth-order valence-electron chi connectivity index (χ4n) is 4.76. The number of rotatable bonds is 3. The maximum atomic E-state index is 11.1. The van der Waals surface area contributed by atoms with Crippen LogP contribution in [-0.4, -0.2) is 17.9 Å².